The maximum Gasteiger partial charge on any atom is 2.00 e. The van der Waals surface area contributed by atoms with Gasteiger partial charge in [-0.1, -0.05) is 9.52 Å². The zero-order valence-corrected chi connectivity index (χ0v) is 12.6. The van der Waals surface area contributed by atoms with E-state index in [4.69, 9.17) is 9.47 Å². The maximum atomic E-state index is 5.49. The molecule has 0 aliphatic heterocycles. The van der Waals surface area contributed by atoms with Crippen LogP contribution in [0.3, 0.4) is 0 Å². The Balaban J connectivity index is -0.000000500. The van der Waals surface area contributed by atoms with Crippen molar-refractivity contribution in [3.8, 4) is 0 Å². The van der Waals surface area contributed by atoms with E-state index in [1.165, 1.54) is 0 Å². The summed E-state index contributed by atoms with van der Waals surface area (Å²) in [5.74, 6) is -0.00463. The molecule has 0 heterocycles. The zero-order valence-electron chi connectivity index (χ0n) is 9.05. The van der Waals surface area contributed by atoms with E-state index in [9.17, 15) is 0 Å². The molecular formula is C8H19ClMgO2Si. The topological polar surface area (TPSA) is 18.5 Å². The van der Waals surface area contributed by atoms with Crippen molar-refractivity contribution in [2.24, 2.45) is 0 Å². The van der Waals surface area contributed by atoms with Crippen LogP contribution in [0, 0.1) is 6.55 Å². The first-order chi connectivity index (χ1) is 5.06. The van der Waals surface area contributed by atoms with Crippen molar-refractivity contribution in [2.75, 3.05) is 0 Å². The molecule has 0 spiro atoms. The van der Waals surface area contributed by atoms with Gasteiger partial charge in [0.25, 0.3) is 0 Å². The summed E-state index contributed by atoms with van der Waals surface area (Å²) >= 11 is 0. The third-order valence-electron chi connectivity index (χ3n) is 1.08. The van der Waals surface area contributed by atoms with E-state index in [-0.39, 0.29) is 53.6 Å². The van der Waals surface area contributed by atoms with Crippen molar-refractivity contribution in [2.45, 2.75) is 45.8 Å². The van der Waals surface area contributed by atoms with E-state index < -0.39 is 9.52 Å². The van der Waals surface area contributed by atoms with E-state index >= 15 is 0 Å². The van der Waals surface area contributed by atoms with Gasteiger partial charge in [0.05, 0.1) is 12.2 Å². The van der Waals surface area contributed by atoms with Crippen LogP contribution < -0.4 is 12.4 Å². The Kier molecular flexibility index (Phi) is 17.1. The maximum absolute atomic E-state index is 5.49. The standard InChI is InChI=1S/C8H19O2Si.ClH.Mg/c1-6(2)9-8(11-5)10-7(3)4;;/h6-8H,5,11H2,1-4H3;1H;/q-1;;+2/p-1. The van der Waals surface area contributed by atoms with Crippen molar-refractivity contribution < 1.29 is 21.9 Å². The van der Waals surface area contributed by atoms with Gasteiger partial charge in [-0.25, -0.2) is 0 Å². The first kappa shape index (κ1) is 19.7. The molecule has 0 rings (SSSR count). The molecule has 0 N–H and O–H groups in total. The van der Waals surface area contributed by atoms with Crippen LogP contribution in [0.1, 0.15) is 27.7 Å². The van der Waals surface area contributed by atoms with Crippen LogP contribution in [0.4, 0.5) is 0 Å². The second-order valence-corrected chi connectivity index (χ2v) is 4.33. The molecule has 0 saturated carbocycles. The van der Waals surface area contributed by atoms with Gasteiger partial charge in [0.15, 0.2) is 0 Å². The minimum Gasteiger partial charge on any atom is -1.00 e. The predicted molar refractivity (Wildman–Crippen MR) is 55.9 cm³/mol. The predicted octanol–water partition coefficient (Wildman–Crippen LogP) is -2.30. The van der Waals surface area contributed by atoms with Gasteiger partial charge < -0.3 is 28.4 Å². The van der Waals surface area contributed by atoms with Crippen LogP contribution in [0.5, 0.6) is 0 Å². The molecule has 0 saturated heterocycles. The summed E-state index contributed by atoms with van der Waals surface area (Å²) in [5, 5.41) is 0. The SMILES string of the molecule is [CH2-][SiH2]C(OC(C)C)OC(C)C.[Cl-].[Mg+2]. The van der Waals surface area contributed by atoms with Crippen LogP contribution in [0.2, 0.25) is 0 Å². The van der Waals surface area contributed by atoms with Crippen LogP contribution in [0.15, 0.2) is 0 Å². The monoisotopic (exact) mass is 234 g/mol. The van der Waals surface area contributed by atoms with Crippen LogP contribution in [-0.2, 0) is 9.47 Å². The second-order valence-electron chi connectivity index (χ2n) is 3.09. The molecule has 0 aromatic heterocycles. The van der Waals surface area contributed by atoms with Crippen LogP contribution in [0.25, 0.3) is 0 Å². The quantitative estimate of drug-likeness (QED) is 0.303. The fraction of sp³-hybridized carbons (Fsp3) is 0.875. The third-order valence-corrected chi connectivity index (χ3v) is 1.94. The molecule has 13 heavy (non-hydrogen) atoms. The summed E-state index contributed by atoms with van der Waals surface area (Å²) < 4.78 is 11.0. The molecule has 0 bridgehead atoms. The first-order valence-electron chi connectivity index (χ1n) is 4.16. The molecule has 0 radical (unpaired) electrons. The molecule has 0 aliphatic rings. The Hall–Kier alpha value is 1.19. The van der Waals surface area contributed by atoms with Gasteiger partial charge in [0.1, 0.15) is 5.91 Å². The largest absolute Gasteiger partial charge is 2.00 e. The van der Waals surface area contributed by atoms with Gasteiger partial charge in [0.2, 0.25) is 0 Å². The zero-order chi connectivity index (χ0) is 8.85. The number of hydrogen-bond acceptors (Lipinski definition) is 2. The summed E-state index contributed by atoms with van der Waals surface area (Å²) in [6, 6.07) is 0. The van der Waals surface area contributed by atoms with Crippen LogP contribution in [-0.4, -0.2) is 50.7 Å². The van der Waals surface area contributed by atoms with Gasteiger partial charge in [-0.3, -0.25) is 0 Å². The average Bonchev–Trinajstić information content (AvgIpc) is 1.84. The second kappa shape index (κ2) is 11.3. The van der Waals surface area contributed by atoms with E-state index in [0.717, 1.165) is 0 Å². The van der Waals surface area contributed by atoms with Gasteiger partial charge in [-0.05, 0) is 27.7 Å². The molecule has 0 aromatic rings. The average molecular weight is 235 g/mol. The van der Waals surface area contributed by atoms with Crippen molar-refractivity contribution in [1.29, 1.82) is 0 Å². The molecule has 0 aliphatic carbocycles. The summed E-state index contributed by atoms with van der Waals surface area (Å²) in [6.45, 7) is 11.9. The van der Waals surface area contributed by atoms with E-state index in [1.807, 2.05) is 27.7 Å². The van der Waals surface area contributed by atoms with Crippen LogP contribution >= 0.6 is 0 Å². The normalized spacial score (nSPS) is 11.1. The van der Waals surface area contributed by atoms with Gasteiger partial charge in [-0.15, -0.1) is 0 Å². The van der Waals surface area contributed by atoms with Gasteiger partial charge in [0, 0.05) is 0 Å². The van der Waals surface area contributed by atoms with E-state index in [0.29, 0.717) is 0 Å². The molecule has 0 aromatic carbocycles. The first-order valence-corrected chi connectivity index (χ1v) is 5.98. The summed E-state index contributed by atoms with van der Waals surface area (Å²) in [5.41, 5.74) is 0. The van der Waals surface area contributed by atoms with E-state index in [2.05, 4.69) is 6.55 Å². The smallest absolute Gasteiger partial charge is 1.00 e. The summed E-state index contributed by atoms with van der Waals surface area (Å²) in [4.78, 5) is 0. The Bertz CT molecular complexity index is 94.1. The summed E-state index contributed by atoms with van der Waals surface area (Å²) in [7, 11) is -0.452. The molecule has 0 amide bonds. The molecular weight excluding hydrogens is 216 g/mol. The Labute approximate surface area is 107 Å². The molecule has 0 fully saturated rings. The number of hydrogen-bond donors (Lipinski definition) is 0. The Morgan fingerprint density at radius 2 is 1.31 bits per heavy atom. The minimum atomic E-state index is -0.452. The number of rotatable bonds is 5. The van der Waals surface area contributed by atoms with Gasteiger partial charge >= 0.3 is 23.1 Å². The molecule has 76 valence electrons. The van der Waals surface area contributed by atoms with E-state index in [1.54, 1.807) is 0 Å². The minimum absolute atomic E-state index is 0. The molecule has 5 heteroatoms. The van der Waals surface area contributed by atoms with Gasteiger partial charge in [-0.2, -0.15) is 0 Å². The summed E-state index contributed by atoms with van der Waals surface area (Å²) in [6.07, 6.45) is 0.487. The molecule has 0 unspecified atom stereocenters. The van der Waals surface area contributed by atoms with Crippen molar-refractivity contribution in [1.82, 2.24) is 0 Å². The number of ether oxygens (including phenoxy) is 2. The Morgan fingerprint density at radius 3 is 1.46 bits per heavy atom. The van der Waals surface area contributed by atoms with Crippen molar-refractivity contribution in [3.05, 3.63) is 6.55 Å². The van der Waals surface area contributed by atoms with Crippen molar-refractivity contribution in [3.63, 3.8) is 0 Å². The molecule has 2 nitrogen and oxygen atoms in total. The number of halogens is 1. The third kappa shape index (κ3) is 13.2. The fourth-order valence-electron chi connectivity index (χ4n) is 0.775. The fourth-order valence-corrected chi connectivity index (χ4v) is 1.82. The molecule has 0 atom stereocenters. The van der Waals surface area contributed by atoms with Crippen molar-refractivity contribution >= 4 is 32.6 Å². The Morgan fingerprint density at radius 1 is 1.00 bits per heavy atom.